The molecule has 5 atom stereocenters. The standard InChI is InChI=1S/C21H37NO4SSi/c1-13(2)28(14(3)4,15(5)6)25-12-17-19(23)20(24)18(22)21(26-17)27-16-10-8-7-9-11-16/h7-11,13-15,17-21,23-24H,12,22H2,1-6H3/t17-,18-,19-,20-,21+/m1/s1. The third-order valence-electron chi connectivity index (χ3n) is 5.95. The molecule has 0 aliphatic carbocycles. The summed E-state index contributed by atoms with van der Waals surface area (Å²) in [6.07, 6.45) is -2.70. The summed E-state index contributed by atoms with van der Waals surface area (Å²) >= 11 is 1.47. The fourth-order valence-electron chi connectivity index (χ4n) is 4.56. The Morgan fingerprint density at radius 2 is 1.54 bits per heavy atom. The first-order valence-corrected chi connectivity index (χ1v) is 13.3. The molecule has 0 unspecified atom stereocenters. The minimum absolute atomic E-state index is 0.275. The van der Waals surface area contributed by atoms with Crippen LogP contribution in [0.3, 0.4) is 0 Å². The van der Waals surface area contributed by atoms with Gasteiger partial charge >= 0.3 is 0 Å². The second-order valence-corrected chi connectivity index (χ2v) is 15.3. The highest BCUT2D eigenvalue weighted by Crippen LogP contribution is 2.43. The van der Waals surface area contributed by atoms with Gasteiger partial charge < -0.3 is 25.1 Å². The van der Waals surface area contributed by atoms with Crippen LogP contribution in [0.25, 0.3) is 0 Å². The van der Waals surface area contributed by atoms with Crippen LogP contribution in [-0.2, 0) is 9.16 Å². The van der Waals surface area contributed by atoms with Crippen molar-refractivity contribution in [2.45, 2.75) is 92.9 Å². The van der Waals surface area contributed by atoms with Crippen molar-refractivity contribution >= 4 is 20.1 Å². The number of aliphatic hydroxyl groups excluding tert-OH is 2. The van der Waals surface area contributed by atoms with Crippen LogP contribution < -0.4 is 5.73 Å². The van der Waals surface area contributed by atoms with E-state index in [4.69, 9.17) is 14.9 Å². The van der Waals surface area contributed by atoms with Crippen LogP contribution in [0.4, 0.5) is 0 Å². The van der Waals surface area contributed by atoms with Crippen LogP contribution >= 0.6 is 11.8 Å². The molecular formula is C21H37NO4SSi. The Hall–Kier alpha value is -0.413. The lowest BCUT2D eigenvalue weighted by Crippen LogP contribution is -2.62. The molecule has 0 saturated carbocycles. The Bertz CT molecular complexity index is 580. The molecule has 160 valence electrons. The molecule has 0 spiro atoms. The normalized spacial score (nSPS) is 29.1. The lowest BCUT2D eigenvalue weighted by Gasteiger charge is -2.45. The molecule has 0 amide bonds. The van der Waals surface area contributed by atoms with Crippen molar-refractivity contribution in [3.05, 3.63) is 30.3 Å². The third kappa shape index (κ3) is 5.01. The van der Waals surface area contributed by atoms with Gasteiger partial charge in [-0.05, 0) is 28.8 Å². The van der Waals surface area contributed by atoms with Crippen molar-refractivity contribution in [2.24, 2.45) is 5.73 Å². The highest BCUT2D eigenvalue weighted by atomic mass is 32.2. The topological polar surface area (TPSA) is 84.9 Å². The average Bonchev–Trinajstić information content (AvgIpc) is 2.63. The van der Waals surface area contributed by atoms with Crippen molar-refractivity contribution in [3.8, 4) is 0 Å². The molecule has 2 rings (SSSR count). The van der Waals surface area contributed by atoms with E-state index >= 15 is 0 Å². The van der Waals surface area contributed by atoms with Crippen molar-refractivity contribution in [3.63, 3.8) is 0 Å². The van der Waals surface area contributed by atoms with Crippen LogP contribution in [0.2, 0.25) is 16.6 Å². The average molecular weight is 428 g/mol. The lowest BCUT2D eigenvalue weighted by molar-refractivity contribution is -0.164. The van der Waals surface area contributed by atoms with Gasteiger partial charge in [0.15, 0.2) is 8.32 Å². The molecule has 5 nitrogen and oxygen atoms in total. The molecule has 0 aromatic heterocycles. The first kappa shape index (κ1) is 23.9. The fourth-order valence-corrected chi connectivity index (χ4v) is 11.1. The number of rotatable bonds is 8. The van der Waals surface area contributed by atoms with Crippen LogP contribution in [0.5, 0.6) is 0 Å². The Kier molecular flexibility index (Phi) is 8.58. The zero-order chi connectivity index (χ0) is 21.1. The van der Waals surface area contributed by atoms with E-state index in [0.717, 1.165) is 4.90 Å². The molecule has 1 saturated heterocycles. The zero-order valence-corrected chi connectivity index (χ0v) is 19.7. The zero-order valence-electron chi connectivity index (χ0n) is 17.9. The van der Waals surface area contributed by atoms with Gasteiger partial charge in [0.05, 0.1) is 12.6 Å². The van der Waals surface area contributed by atoms with Crippen LogP contribution in [0.1, 0.15) is 41.5 Å². The maximum absolute atomic E-state index is 10.6. The van der Waals surface area contributed by atoms with Crippen molar-refractivity contribution < 1.29 is 19.4 Å². The summed E-state index contributed by atoms with van der Waals surface area (Å²) in [6.45, 7) is 13.6. The minimum Gasteiger partial charge on any atom is -0.413 e. The number of benzene rings is 1. The van der Waals surface area contributed by atoms with Crippen molar-refractivity contribution in [2.75, 3.05) is 6.61 Å². The second-order valence-electron chi connectivity index (χ2n) is 8.66. The van der Waals surface area contributed by atoms with Gasteiger partial charge in [-0.25, -0.2) is 0 Å². The quantitative estimate of drug-likeness (QED) is 0.548. The Morgan fingerprint density at radius 3 is 2.04 bits per heavy atom. The van der Waals surface area contributed by atoms with Gasteiger partial charge in [-0.2, -0.15) is 0 Å². The predicted octanol–water partition coefficient (Wildman–Crippen LogP) is 3.74. The number of hydrogen-bond donors (Lipinski definition) is 3. The molecule has 1 heterocycles. The van der Waals surface area contributed by atoms with Crippen molar-refractivity contribution in [1.29, 1.82) is 0 Å². The molecule has 7 heteroatoms. The number of ether oxygens (including phenoxy) is 1. The van der Waals surface area contributed by atoms with Crippen molar-refractivity contribution in [1.82, 2.24) is 0 Å². The monoisotopic (exact) mass is 427 g/mol. The summed E-state index contributed by atoms with van der Waals surface area (Å²) in [6, 6.07) is 9.16. The Labute approximate surface area is 175 Å². The van der Waals surface area contributed by atoms with E-state index in [9.17, 15) is 10.2 Å². The van der Waals surface area contributed by atoms with Gasteiger partial charge in [0, 0.05) is 4.90 Å². The highest BCUT2D eigenvalue weighted by molar-refractivity contribution is 7.99. The van der Waals surface area contributed by atoms with E-state index in [1.807, 2.05) is 30.3 Å². The summed E-state index contributed by atoms with van der Waals surface area (Å²) in [5.74, 6) is 0. The number of hydrogen-bond acceptors (Lipinski definition) is 6. The first-order chi connectivity index (χ1) is 13.1. The maximum atomic E-state index is 10.6. The van der Waals surface area contributed by atoms with Gasteiger partial charge in [-0.15, -0.1) is 0 Å². The largest absolute Gasteiger partial charge is 0.413 e. The van der Waals surface area contributed by atoms with E-state index in [0.29, 0.717) is 16.6 Å². The van der Waals surface area contributed by atoms with Gasteiger partial charge in [-0.1, -0.05) is 71.5 Å². The molecular weight excluding hydrogens is 390 g/mol. The number of nitrogens with two attached hydrogens (primary N) is 1. The smallest absolute Gasteiger partial charge is 0.200 e. The summed E-state index contributed by atoms with van der Waals surface area (Å²) in [5.41, 5.74) is 7.04. The summed E-state index contributed by atoms with van der Waals surface area (Å²) < 4.78 is 12.7. The van der Waals surface area contributed by atoms with Gasteiger partial charge in [0.2, 0.25) is 0 Å². The van der Waals surface area contributed by atoms with Crippen LogP contribution in [-0.4, -0.2) is 54.9 Å². The summed E-state index contributed by atoms with van der Waals surface area (Å²) in [5, 5.41) is 21.1. The molecule has 1 aliphatic heterocycles. The first-order valence-electron chi connectivity index (χ1n) is 10.2. The van der Waals surface area contributed by atoms with E-state index < -0.39 is 38.1 Å². The van der Waals surface area contributed by atoms with Crippen LogP contribution in [0.15, 0.2) is 35.2 Å². The Morgan fingerprint density at radius 1 is 1.00 bits per heavy atom. The molecule has 1 aliphatic rings. The number of thioether (sulfide) groups is 1. The summed E-state index contributed by atoms with van der Waals surface area (Å²) in [7, 11) is -2.09. The van der Waals surface area contributed by atoms with Crippen LogP contribution in [0, 0.1) is 0 Å². The number of aliphatic hydroxyl groups is 2. The predicted molar refractivity (Wildman–Crippen MR) is 118 cm³/mol. The van der Waals surface area contributed by atoms with Gasteiger partial charge in [0.1, 0.15) is 23.7 Å². The molecule has 28 heavy (non-hydrogen) atoms. The van der Waals surface area contributed by atoms with E-state index in [1.165, 1.54) is 11.8 Å². The molecule has 0 radical (unpaired) electrons. The van der Waals surface area contributed by atoms with Gasteiger partial charge in [-0.3, -0.25) is 0 Å². The molecule has 1 fully saturated rings. The molecule has 0 bridgehead atoms. The maximum Gasteiger partial charge on any atom is 0.200 e. The van der Waals surface area contributed by atoms with E-state index in [2.05, 4.69) is 41.5 Å². The third-order valence-corrected chi connectivity index (χ3v) is 13.2. The fraction of sp³-hybridized carbons (Fsp3) is 0.714. The minimum atomic E-state index is -2.09. The van der Waals surface area contributed by atoms with E-state index in [1.54, 1.807) is 0 Å². The van der Waals surface area contributed by atoms with Gasteiger partial charge in [0.25, 0.3) is 0 Å². The summed E-state index contributed by atoms with van der Waals surface area (Å²) in [4.78, 5) is 1.02. The SMILES string of the molecule is CC(C)[Si](OC[C@H]1O[C@@H](Sc2ccccc2)[C@H](N)[C@@H](O)[C@@H]1O)(C(C)C)C(C)C. The molecule has 1 aromatic rings. The van der Waals surface area contributed by atoms with E-state index in [-0.39, 0.29) is 6.61 Å². The molecule has 1 aromatic carbocycles. The Balaban J connectivity index is 2.14. The highest BCUT2D eigenvalue weighted by Gasteiger charge is 2.48. The second kappa shape index (κ2) is 10.1. The lowest BCUT2D eigenvalue weighted by atomic mass is 9.99. The molecule has 4 N–H and O–H groups in total.